The van der Waals surface area contributed by atoms with E-state index in [0.29, 0.717) is 5.56 Å². The number of carbonyl (C=O) groups excluding carboxylic acids is 1. The number of aromatic amines is 1. The van der Waals surface area contributed by atoms with E-state index in [0.717, 1.165) is 10.9 Å². The largest absolute Gasteiger partial charge is 0.369 e. The van der Waals surface area contributed by atoms with Gasteiger partial charge in [-0.05, 0) is 31.4 Å². The van der Waals surface area contributed by atoms with Gasteiger partial charge < -0.3 is 10.7 Å². The van der Waals surface area contributed by atoms with Gasteiger partial charge in [-0.2, -0.15) is 0 Å². The molecule has 0 saturated carbocycles. The van der Waals surface area contributed by atoms with Crippen LogP contribution in [-0.4, -0.2) is 10.9 Å². The molecule has 17 heavy (non-hydrogen) atoms. The Kier molecular flexibility index (Phi) is 2.50. The average Bonchev–Trinajstić information content (AvgIpc) is 2.27. The van der Waals surface area contributed by atoms with Crippen molar-refractivity contribution in [1.29, 1.82) is 0 Å². The van der Waals surface area contributed by atoms with Gasteiger partial charge in [0.05, 0.1) is 5.41 Å². The molecular formula is C13H14N2O2. The Bertz CT molecular complexity index is 641. The third-order valence-electron chi connectivity index (χ3n) is 3.04. The normalized spacial score (nSPS) is 11.6. The third-order valence-corrected chi connectivity index (χ3v) is 3.04. The van der Waals surface area contributed by atoms with Crippen molar-refractivity contribution in [1.82, 2.24) is 4.98 Å². The first-order valence-corrected chi connectivity index (χ1v) is 5.35. The van der Waals surface area contributed by atoms with Crippen LogP contribution in [0.15, 0.2) is 35.1 Å². The van der Waals surface area contributed by atoms with E-state index in [1.165, 1.54) is 0 Å². The minimum absolute atomic E-state index is 0.271. The van der Waals surface area contributed by atoms with Gasteiger partial charge in [-0.15, -0.1) is 0 Å². The lowest BCUT2D eigenvalue weighted by Crippen LogP contribution is -2.39. The quantitative estimate of drug-likeness (QED) is 0.815. The molecule has 1 aromatic carbocycles. The van der Waals surface area contributed by atoms with Crippen LogP contribution < -0.4 is 11.3 Å². The Morgan fingerprint density at radius 2 is 1.94 bits per heavy atom. The van der Waals surface area contributed by atoms with Crippen LogP contribution >= 0.6 is 0 Å². The number of primary amides is 1. The van der Waals surface area contributed by atoms with Crippen molar-refractivity contribution < 1.29 is 4.79 Å². The number of benzene rings is 1. The Hall–Kier alpha value is -2.10. The van der Waals surface area contributed by atoms with Crippen LogP contribution in [0.3, 0.4) is 0 Å². The summed E-state index contributed by atoms with van der Waals surface area (Å²) in [5, 5.41) is 0.886. The molecule has 2 aromatic rings. The Morgan fingerprint density at radius 3 is 2.59 bits per heavy atom. The summed E-state index contributed by atoms with van der Waals surface area (Å²) in [7, 11) is 0. The predicted molar refractivity (Wildman–Crippen MR) is 66.8 cm³/mol. The third kappa shape index (κ3) is 1.82. The van der Waals surface area contributed by atoms with Crippen LogP contribution in [0.25, 0.3) is 10.9 Å². The van der Waals surface area contributed by atoms with Crippen molar-refractivity contribution in [2.75, 3.05) is 0 Å². The van der Waals surface area contributed by atoms with E-state index in [2.05, 4.69) is 4.98 Å². The van der Waals surface area contributed by atoms with Crippen LogP contribution in [0.1, 0.15) is 19.4 Å². The first-order valence-electron chi connectivity index (χ1n) is 5.35. The van der Waals surface area contributed by atoms with Crippen molar-refractivity contribution in [3.05, 3.63) is 46.2 Å². The molecule has 0 spiro atoms. The SMILES string of the molecule is CC(C)(C(N)=O)c1cc2ccccc2[nH]c1=O. The maximum atomic E-state index is 11.9. The number of hydrogen-bond donors (Lipinski definition) is 2. The summed E-state index contributed by atoms with van der Waals surface area (Å²) in [6.45, 7) is 3.30. The van der Waals surface area contributed by atoms with E-state index in [-0.39, 0.29) is 5.56 Å². The fourth-order valence-corrected chi connectivity index (χ4v) is 1.74. The van der Waals surface area contributed by atoms with Crippen molar-refractivity contribution in [2.24, 2.45) is 5.73 Å². The number of carbonyl (C=O) groups is 1. The second kappa shape index (κ2) is 3.73. The fraction of sp³-hybridized carbons (Fsp3) is 0.231. The zero-order valence-corrected chi connectivity index (χ0v) is 9.78. The standard InChI is InChI=1S/C13H14N2O2/c1-13(2,12(14)17)9-7-8-5-3-4-6-10(8)15-11(9)16/h3-7H,1-2H3,(H2,14,17)(H,15,16). The highest BCUT2D eigenvalue weighted by molar-refractivity contribution is 5.87. The average molecular weight is 230 g/mol. The topological polar surface area (TPSA) is 76.0 Å². The molecule has 0 aliphatic rings. The number of hydrogen-bond acceptors (Lipinski definition) is 2. The number of aromatic nitrogens is 1. The molecule has 3 N–H and O–H groups in total. The van der Waals surface area contributed by atoms with Crippen LogP contribution in [-0.2, 0) is 10.2 Å². The first kappa shape index (κ1) is 11.4. The van der Waals surface area contributed by atoms with E-state index in [4.69, 9.17) is 5.73 Å². The number of H-pyrrole nitrogens is 1. The van der Waals surface area contributed by atoms with Gasteiger partial charge in [-0.25, -0.2) is 0 Å². The van der Waals surface area contributed by atoms with Gasteiger partial charge >= 0.3 is 0 Å². The van der Waals surface area contributed by atoms with Crippen LogP contribution in [0.4, 0.5) is 0 Å². The number of fused-ring (bicyclic) bond motifs is 1. The van der Waals surface area contributed by atoms with Crippen LogP contribution in [0.2, 0.25) is 0 Å². The molecule has 0 radical (unpaired) electrons. The van der Waals surface area contributed by atoms with Gasteiger partial charge in [-0.3, -0.25) is 9.59 Å². The van der Waals surface area contributed by atoms with Gasteiger partial charge in [0.1, 0.15) is 0 Å². The van der Waals surface area contributed by atoms with Gasteiger partial charge in [0.15, 0.2) is 0 Å². The molecule has 0 fully saturated rings. The summed E-state index contributed by atoms with van der Waals surface area (Å²) < 4.78 is 0. The molecular weight excluding hydrogens is 216 g/mol. The second-order valence-electron chi connectivity index (χ2n) is 4.59. The van der Waals surface area contributed by atoms with E-state index in [1.54, 1.807) is 19.9 Å². The van der Waals surface area contributed by atoms with E-state index >= 15 is 0 Å². The summed E-state index contributed by atoms with van der Waals surface area (Å²) in [6.07, 6.45) is 0. The second-order valence-corrected chi connectivity index (χ2v) is 4.59. The molecule has 4 nitrogen and oxygen atoms in total. The summed E-state index contributed by atoms with van der Waals surface area (Å²) in [6, 6.07) is 9.14. The molecule has 0 aliphatic heterocycles. The highest BCUT2D eigenvalue weighted by Gasteiger charge is 2.30. The monoisotopic (exact) mass is 230 g/mol. The molecule has 0 unspecified atom stereocenters. The highest BCUT2D eigenvalue weighted by Crippen LogP contribution is 2.21. The minimum Gasteiger partial charge on any atom is -0.369 e. The Morgan fingerprint density at radius 1 is 1.29 bits per heavy atom. The highest BCUT2D eigenvalue weighted by atomic mass is 16.1. The van der Waals surface area contributed by atoms with Gasteiger partial charge in [0, 0.05) is 11.1 Å². The Labute approximate surface area is 98.5 Å². The molecule has 1 amide bonds. The molecule has 0 bridgehead atoms. The van der Waals surface area contributed by atoms with E-state index < -0.39 is 11.3 Å². The van der Waals surface area contributed by atoms with Crippen LogP contribution in [0, 0.1) is 0 Å². The van der Waals surface area contributed by atoms with Crippen molar-refractivity contribution >= 4 is 16.8 Å². The number of nitrogens with one attached hydrogen (secondary N) is 1. The number of rotatable bonds is 2. The molecule has 1 aromatic heterocycles. The summed E-state index contributed by atoms with van der Waals surface area (Å²) in [5.74, 6) is -0.515. The summed E-state index contributed by atoms with van der Waals surface area (Å²) >= 11 is 0. The minimum atomic E-state index is -0.975. The molecule has 0 atom stereocenters. The molecule has 1 heterocycles. The number of amides is 1. The van der Waals surface area contributed by atoms with Crippen molar-refractivity contribution in [3.63, 3.8) is 0 Å². The summed E-state index contributed by atoms with van der Waals surface area (Å²) in [5.41, 5.74) is 5.22. The fourth-order valence-electron chi connectivity index (χ4n) is 1.74. The number of para-hydroxylation sites is 1. The lowest BCUT2D eigenvalue weighted by molar-refractivity contribution is -0.122. The molecule has 2 rings (SSSR count). The maximum Gasteiger partial charge on any atom is 0.252 e. The lowest BCUT2D eigenvalue weighted by atomic mass is 9.84. The molecule has 88 valence electrons. The number of nitrogens with two attached hydrogens (primary N) is 1. The smallest absolute Gasteiger partial charge is 0.252 e. The molecule has 4 heteroatoms. The predicted octanol–water partition coefficient (Wildman–Crippen LogP) is 1.29. The van der Waals surface area contributed by atoms with E-state index in [9.17, 15) is 9.59 Å². The van der Waals surface area contributed by atoms with Gasteiger partial charge in [0.2, 0.25) is 5.91 Å². The van der Waals surface area contributed by atoms with Gasteiger partial charge in [0.25, 0.3) is 5.56 Å². The zero-order valence-electron chi connectivity index (χ0n) is 9.78. The molecule has 0 saturated heterocycles. The molecule has 0 aliphatic carbocycles. The number of pyridine rings is 1. The summed E-state index contributed by atoms with van der Waals surface area (Å²) in [4.78, 5) is 26.1. The maximum absolute atomic E-state index is 11.9. The van der Waals surface area contributed by atoms with Crippen molar-refractivity contribution in [2.45, 2.75) is 19.3 Å². The van der Waals surface area contributed by atoms with Crippen molar-refractivity contribution in [3.8, 4) is 0 Å². The van der Waals surface area contributed by atoms with E-state index in [1.807, 2.05) is 24.3 Å². The van der Waals surface area contributed by atoms with Gasteiger partial charge in [-0.1, -0.05) is 18.2 Å². The lowest BCUT2D eigenvalue weighted by Gasteiger charge is -2.20. The Balaban J connectivity index is 2.75. The van der Waals surface area contributed by atoms with Crippen LogP contribution in [0.5, 0.6) is 0 Å². The zero-order chi connectivity index (χ0) is 12.6. The first-order chi connectivity index (χ1) is 7.93.